The van der Waals surface area contributed by atoms with Gasteiger partial charge in [-0.25, -0.2) is 0 Å². The molecule has 19 heavy (non-hydrogen) atoms. The van der Waals surface area contributed by atoms with Crippen LogP contribution in [0.5, 0.6) is 5.75 Å². The van der Waals surface area contributed by atoms with Crippen LogP contribution in [0.2, 0.25) is 0 Å². The molecule has 0 spiro atoms. The highest BCUT2D eigenvalue weighted by Crippen LogP contribution is 2.19. The van der Waals surface area contributed by atoms with Gasteiger partial charge in [0, 0.05) is 17.8 Å². The number of thioether (sulfide) groups is 1. The van der Waals surface area contributed by atoms with Crippen LogP contribution in [0.4, 0.5) is 0 Å². The van der Waals surface area contributed by atoms with Gasteiger partial charge in [0.2, 0.25) is 0 Å². The average molecular weight is 283 g/mol. The van der Waals surface area contributed by atoms with E-state index in [-0.39, 0.29) is 4.75 Å². The minimum absolute atomic E-state index is 0.192. The largest absolute Gasteiger partial charge is 0.491 e. The Labute approximate surface area is 120 Å². The molecule has 0 heterocycles. The number of ether oxygens (including phenoxy) is 1. The Balaban J connectivity index is 2.23. The molecular formula is C15H25NO2S. The number of aryl methyl sites for hydroxylation is 1. The van der Waals surface area contributed by atoms with Crippen molar-refractivity contribution in [3.8, 4) is 5.75 Å². The molecule has 0 bridgehead atoms. The van der Waals surface area contributed by atoms with Gasteiger partial charge in [0.05, 0.1) is 0 Å². The highest BCUT2D eigenvalue weighted by molar-refractivity contribution is 7.99. The Morgan fingerprint density at radius 2 is 2.16 bits per heavy atom. The molecule has 3 nitrogen and oxygen atoms in total. The molecule has 1 unspecified atom stereocenters. The summed E-state index contributed by atoms with van der Waals surface area (Å²) in [5.41, 5.74) is 1.16. The minimum atomic E-state index is -0.488. The van der Waals surface area contributed by atoms with Crippen molar-refractivity contribution in [1.29, 1.82) is 0 Å². The molecule has 0 saturated heterocycles. The fourth-order valence-corrected chi connectivity index (χ4v) is 1.81. The summed E-state index contributed by atoms with van der Waals surface area (Å²) in [7, 11) is 0. The number of hydrogen-bond donors (Lipinski definition) is 2. The monoisotopic (exact) mass is 283 g/mol. The van der Waals surface area contributed by atoms with Crippen LogP contribution in [0.25, 0.3) is 0 Å². The summed E-state index contributed by atoms with van der Waals surface area (Å²) in [5.74, 6) is 0.809. The van der Waals surface area contributed by atoms with Crippen molar-refractivity contribution in [2.24, 2.45) is 0 Å². The SMILES string of the molecule is CSC(C)(C)CNCC(O)COc1cccc(C)c1. The molecule has 0 saturated carbocycles. The second-order valence-electron chi connectivity index (χ2n) is 5.38. The van der Waals surface area contributed by atoms with E-state index in [2.05, 4.69) is 25.4 Å². The molecule has 0 aliphatic carbocycles. The predicted octanol–water partition coefficient (Wildman–Crippen LogP) is 2.47. The van der Waals surface area contributed by atoms with Crippen molar-refractivity contribution in [3.05, 3.63) is 29.8 Å². The summed E-state index contributed by atoms with van der Waals surface area (Å²) in [4.78, 5) is 0. The van der Waals surface area contributed by atoms with Gasteiger partial charge in [-0.2, -0.15) is 11.8 Å². The molecule has 0 fully saturated rings. The summed E-state index contributed by atoms with van der Waals surface area (Å²) in [5, 5.41) is 13.1. The second-order valence-corrected chi connectivity index (χ2v) is 6.89. The Morgan fingerprint density at radius 1 is 1.42 bits per heavy atom. The number of hydrogen-bond acceptors (Lipinski definition) is 4. The fourth-order valence-electron chi connectivity index (χ4n) is 1.57. The Kier molecular flexibility index (Phi) is 6.69. The molecule has 0 radical (unpaired) electrons. The highest BCUT2D eigenvalue weighted by atomic mass is 32.2. The molecule has 108 valence electrons. The van der Waals surface area contributed by atoms with Gasteiger partial charge < -0.3 is 15.2 Å². The Morgan fingerprint density at radius 3 is 2.79 bits per heavy atom. The normalized spacial score (nSPS) is 13.3. The molecule has 0 amide bonds. The lowest BCUT2D eigenvalue weighted by atomic mass is 10.2. The summed E-state index contributed by atoms with van der Waals surface area (Å²) in [6, 6.07) is 7.85. The third-order valence-corrected chi connectivity index (χ3v) is 4.16. The van der Waals surface area contributed by atoms with Gasteiger partial charge in [0.1, 0.15) is 18.5 Å². The van der Waals surface area contributed by atoms with Crippen LogP contribution in [-0.2, 0) is 0 Å². The standard InChI is InChI=1S/C15H25NO2S/c1-12-6-5-7-14(8-12)18-10-13(17)9-16-11-15(2,3)19-4/h5-8,13,16-17H,9-11H2,1-4H3. The minimum Gasteiger partial charge on any atom is -0.491 e. The lowest BCUT2D eigenvalue weighted by molar-refractivity contribution is 0.106. The van der Waals surface area contributed by atoms with Gasteiger partial charge in [0.25, 0.3) is 0 Å². The van der Waals surface area contributed by atoms with Gasteiger partial charge in [-0.3, -0.25) is 0 Å². The molecular weight excluding hydrogens is 258 g/mol. The van der Waals surface area contributed by atoms with Crippen molar-refractivity contribution in [2.75, 3.05) is 26.0 Å². The molecule has 0 aliphatic heterocycles. The smallest absolute Gasteiger partial charge is 0.119 e. The fraction of sp³-hybridized carbons (Fsp3) is 0.600. The maximum atomic E-state index is 9.86. The molecule has 0 aliphatic rings. The lowest BCUT2D eigenvalue weighted by Gasteiger charge is -2.23. The first-order valence-corrected chi connectivity index (χ1v) is 7.79. The third-order valence-electron chi connectivity index (χ3n) is 2.92. The first-order chi connectivity index (χ1) is 8.93. The van der Waals surface area contributed by atoms with Crippen molar-refractivity contribution in [3.63, 3.8) is 0 Å². The average Bonchev–Trinajstić information content (AvgIpc) is 2.36. The van der Waals surface area contributed by atoms with E-state index in [1.165, 1.54) is 0 Å². The van der Waals surface area contributed by atoms with E-state index < -0.39 is 6.10 Å². The zero-order chi connectivity index (χ0) is 14.3. The zero-order valence-electron chi connectivity index (χ0n) is 12.3. The molecule has 1 atom stereocenters. The zero-order valence-corrected chi connectivity index (χ0v) is 13.1. The van der Waals surface area contributed by atoms with Crippen molar-refractivity contribution in [2.45, 2.75) is 31.6 Å². The molecule has 2 N–H and O–H groups in total. The van der Waals surface area contributed by atoms with E-state index in [0.717, 1.165) is 17.9 Å². The quantitative estimate of drug-likeness (QED) is 0.769. The van der Waals surface area contributed by atoms with E-state index in [0.29, 0.717) is 13.2 Å². The number of nitrogens with one attached hydrogen (secondary N) is 1. The van der Waals surface area contributed by atoms with E-state index in [9.17, 15) is 5.11 Å². The number of aliphatic hydroxyl groups is 1. The second kappa shape index (κ2) is 7.78. The molecule has 1 aromatic carbocycles. The van der Waals surface area contributed by atoms with Crippen LogP contribution >= 0.6 is 11.8 Å². The molecule has 4 heteroatoms. The lowest BCUT2D eigenvalue weighted by Crippen LogP contribution is -2.38. The highest BCUT2D eigenvalue weighted by Gasteiger charge is 2.15. The first kappa shape index (κ1) is 16.3. The van der Waals surface area contributed by atoms with Crippen LogP contribution in [0.1, 0.15) is 19.4 Å². The summed E-state index contributed by atoms with van der Waals surface area (Å²) >= 11 is 1.82. The van der Waals surface area contributed by atoms with Gasteiger partial charge >= 0.3 is 0 Å². The summed E-state index contributed by atoms with van der Waals surface area (Å²) < 4.78 is 5.75. The topological polar surface area (TPSA) is 41.5 Å². The predicted molar refractivity (Wildman–Crippen MR) is 83.1 cm³/mol. The van der Waals surface area contributed by atoms with Crippen molar-refractivity contribution in [1.82, 2.24) is 5.32 Å². The number of benzene rings is 1. The maximum absolute atomic E-state index is 9.86. The number of aliphatic hydroxyl groups excluding tert-OH is 1. The van der Waals surface area contributed by atoms with Crippen LogP contribution < -0.4 is 10.1 Å². The van der Waals surface area contributed by atoms with Crippen LogP contribution in [0, 0.1) is 6.92 Å². The molecule has 0 aromatic heterocycles. The Bertz CT molecular complexity index is 382. The van der Waals surface area contributed by atoms with E-state index in [4.69, 9.17) is 4.74 Å². The van der Waals surface area contributed by atoms with E-state index in [1.54, 1.807) is 0 Å². The first-order valence-electron chi connectivity index (χ1n) is 6.56. The summed E-state index contributed by atoms with van der Waals surface area (Å²) in [6.45, 7) is 8.12. The number of rotatable bonds is 8. The van der Waals surface area contributed by atoms with Gasteiger partial charge in [-0.1, -0.05) is 12.1 Å². The van der Waals surface area contributed by atoms with Gasteiger partial charge in [-0.15, -0.1) is 0 Å². The van der Waals surface area contributed by atoms with Crippen LogP contribution in [0.15, 0.2) is 24.3 Å². The molecule has 1 rings (SSSR count). The van der Waals surface area contributed by atoms with Gasteiger partial charge in [-0.05, 0) is 44.7 Å². The van der Waals surface area contributed by atoms with Crippen LogP contribution in [-0.4, -0.2) is 41.9 Å². The van der Waals surface area contributed by atoms with Crippen LogP contribution in [0.3, 0.4) is 0 Å². The summed E-state index contributed by atoms with van der Waals surface area (Å²) in [6.07, 6.45) is 1.61. The van der Waals surface area contributed by atoms with E-state index in [1.807, 2.05) is 43.0 Å². The maximum Gasteiger partial charge on any atom is 0.119 e. The molecule has 1 aromatic rings. The van der Waals surface area contributed by atoms with Crippen molar-refractivity contribution < 1.29 is 9.84 Å². The van der Waals surface area contributed by atoms with E-state index >= 15 is 0 Å². The van der Waals surface area contributed by atoms with Crippen molar-refractivity contribution >= 4 is 11.8 Å². The third kappa shape index (κ3) is 6.85. The van der Waals surface area contributed by atoms with Gasteiger partial charge in [0.15, 0.2) is 0 Å². The Hall–Kier alpha value is -0.710.